The van der Waals surface area contributed by atoms with Gasteiger partial charge in [0.1, 0.15) is 0 Å². The minimum absolute atomic E-state index is 0.0923. The summed E-state index contributed by atoms with van der Waals surface area (Å²) in [7, 11) is 0. The van der Waals surface area contributed by atoms with Crippen LogP contribution in [0.2, 0.25) is 0 Å². The summed E-state index contributed by atoms with van der Waals surface area (Å²) >= 11 is 0. The number of aliphatic carboxylic acids is 4. The molecule has 1 aliphatic rings. The number of nitrogens with one attached hydrogen (secondary N) is 4. The highest BCUT2D eigenvalue weighted by Gasteiger charge is 2.20. The summed E-state index contributed by atoms with van der Waals surface area (Å²) in [6.07, 6.45) is 7.20. The van der Waals surface area contributed by atoms with Gasteiger partial charge in [-0.3, -0.25) is 39.1 Å². The normalized spacial score (nSPS) is 12.4. The fraction of sp³-hybridized carbons (Fsp3) is 0.154. The SMILES string of the molecule is O=C(O)CCc1cc(C2=c3ccc([nH]3)=C(c3ccnc(CCC(=O)O)c3)c3ccc([nH]3)C(c3ccnc(CCC(=O)O)c3)=c3ccc([nH]3)=C(c3ccnc(CCC(=O)O)c3)c3ccc2[nH]3)ccn1. The van der Waals surface area contributed by atoms with Crippen LogP contribution in [0, 0.1) is 0 Å². The third kappa shape index (κ3) is 9.84. The molecule has 68 heavy (non-hydrogen) atoms. The van der Waals surface area contributed by atoms with Crippen molar-refractivity contribution in [2.75, 3.05) is 0 Å². The Bertz CT molecular complexity index is 3070. The van der Waals surface area contributed by atoms with Gasteiger partial charge < -0.3 is 40.4 Å². The van der Waals surface area contributed by atoms with Gasteiger partial charge in [-0.2, -0.15) is 0 Å². The van der Waals surface area contributed by atoms with Crippen molar-refractivity contribution in [3.05, 3.63) is 211 Å². The summed E-state index contributed by atoms with van der Waals surface area (Å²) in [5, 5.41) is 40.9. The highest BCUT2D eigenvalue weighted by molar-refractivity contribution is 5.85. The van der Waals surface area contributed by atoms with Crippen molar-refractivity contribution in [3.8, 4) is 0 Å². The maximum Gasteiger partial charge on any atom is 0.303 e. The van der Waals surface area contributed by atoms with E-state index in [9.17, 15) is 39.6 Å². The van der Waals surface area contributed by atoms with E-state index in [0.29, 0.717) is 22.8 Å². The van der Waals surface area contributed by atoms with Crippen LogP contribution in [0.1, 0.15) is 93.5 Å². The van der Waals surface area contributed by atoms with Crippen LogP contribution in [0.3, 0.4) is 0 Å². The smallest absolute Gasteiger partial charge is 0.303 e. The zero-order chi connectivity index (χ0) is 47.3. The van der Waals surface area contributed by atoms with Crippen molar-refractivity contribution in [2.45, 2.75) is 51.4 Å². The van der Waals surface area contributed by atoms with Crippen LogP contribution >= 0.6 is 0 Å². The molecule has 8 aromatic heterocycles. The minimum Gasteiger partial charge on any atom is -0.481 e. The Labute approximate surface area is 386 Å². The average Bonchev–Trinajstić information content (AvgIpc) is 4.18. The molecule has 8 N–H and O–H groups in total. The number of hydrogen-bond acceptors (Lipinski definition) is 8. The molecule has 16 nitrogen and oxygen atoms in total. The van der Waals surface area contributed by atoms with Crippen molar-refractivity contribution in [1.29, 1.82) is 0 Å². The summed E-state index contributed by atoms with van der Waals surface area (Å²) in [6, 6.07) is 30.9. The fourth-order valence-corrected chi connectivity index (χ4v) is 8.59. The van der Waals surface area contributed by atoms with E-state index in [1.165, 1.54) is 0 Å². The molecule has 8 bridgehead atoms. The average molecular weight is 909 g/mol. The number of carboxylic acids is 4. The van der Waals surface area contributed by atoms with E-state index in [4.69, 9.17) is 0 Å². The Hall–Kier alpha value is -8.92. The van der Waals surface area contributed by atoms with E-state index >= 15 is 0 Å². The van der Waals surface area contributed by atoms with Crippen LogP contribution in [-0.4, -0.2) is 84.2 Å². The Morgan fingerprint density at radius 2 is 0.574 bits per heavy atom. The summed E-state index contributed by atoms with van der Waals surface area (Å²) in [5.41, 5.74) is 11.5. The Kier molecular flexibility index (Phi) is 12.6. The number of H-pyrrole nitrogens is 4. The molecule has 0 saturated heterocycles. The maximum absolute atomic E-state index is 11.6. The van der Waals surface area contributed by atoms with E-state index < -0.39 is 23.9 Å². The molecule has 0 fully saturated rings. The van der Waals surface area contributed by atoms with E-state index in [-0.39, 0.29) is 51.4 Å². The number of rotatable bonds is 16. The molecule has 0 unspecified atom stereocenters. The van der Waals surface area contributed by atoms with Crippen LogP contribution in [0.5, 0.6) is 0 Å². The first-order chi connectivity index (χ1) is 32.9. The topological polar surface area (TPSA) is 264 Å². The van der Waals surface area contributed by atoms with Crippen molar-refractivity contribution in [3.63, 3.8) is 0 Å². The van der Waals surface area contributed by atoms with Gasteiger partial charge in [-0.05, 0) is 119 Å². The number of carbonyl (C=O) groups is 4. The lowest BCUT2D eigenvalue weighted by Gasteiger charge is -2.11. The fourth-order valence-electron chi connectivity index (χ4n) is 8.59. The van der Waals surface area contributed by atoms with Gasteiger partial charge in [-0.1, -0.05) is 0 Å². The van der Waals surface area contributed by atoms with Gasteiger partial charge in [0.2, 0.25) is 0 Å². The quantitative estimate of drug-likeness (QED) is 0.0686. The van der Waals surface area contributed by atoms with Crippen LogP contribution in [0.15, 0.2) is 122 Å². The molecule has 0 aliphatic carbocycles. The molecule has 16 heteroatoms. The van der Waals surface area contributed by atoms with Gasteiger partial charge in [0.05, 0.1) is 25.7 Å². The second kappa shape index (κ2) is 19.3. The zero-order valence-electron chi connectivity index (χ0n) is 36.4. The van der Waals surface area contributed by atoms with Gasteiger partial charge in [0, 0.05) is 140 Å². The van der Waals surface area contributed by atoms with Crippen LogP contribution in [-0.2, 0) is 44.9 Å². The first kappa shape index (κ1) is 44.3. The molecular formula is C52H44N8O8. The Balaban J connectivity index is 1.36. The molecule has 9 rings (SSSR count). The minimum atomic E-state index is -0.931. The highest BCUT2D eigenvalue weighted by atomic mass is 16.4. The number of hydrogen-bond donors (Lipinski definition) is 8. The molecule has 0 saturated carbocycles. The van der Waals surface area contributed by atoms with E-state index in [2.05, 4.69) is 39.9 Å². The van der Waals surface area contributed by atoms with Crippen LogP contribution in [0.25, 0.3) is 22.3 Å². The number of aromatic amines is 4. The molecule has 0 aromatic carbocycles. The lowest BCUT2D eigenvalue weighted by Crippen LogP contribution is -2.19. The molecule has 8 aromatic rings. The van der Waals surface area contributed by atoms with Gasteiger partial charge in [-0.25, -0.2) is 0 Å². The van der Waals surface area contributed by atoms with Crippen LogP contribution in [0.4, 0.5) is 0 Å². The number of aryl methyl sites for hydroxylation is 4. The molecular weight excluding hydrogens is 865 g/mol. The second-order valence-corrected chi connectivity index (χ2v) is 16.4. The number of aromatic nitrogens is 8. The van der Waals surface area contributed by atoms with Crippen molar-refractivity contribution >= 4 is 46.2 Å². The predicted molar refractivity (Wildman–Crippen MR) is 249 cm³/mol. The third-order valence-electron chi connectivity index (χ3n) is 11.7. The number of carboxylic acid groups (broad SMARTS) is 4. The highest BCUT2D eigenvalue weighted by Crippen LogP contribution is 2.29. The molecule has 9 heterocycles. The van der Waals surface area contributed by atoms with Crippen molar-refractivity contribution < 1.29 is 39.6 Å². The third-order valence-corrected chi connectivity index (χ3v) is 11.7. The van der Waals surface area contributed by atoms with Crippen molar-refractivity contribution in [2.24, 2.45) is 0 Å². The first-order valence-corrected chi connectivity index (χ1v) is 21.9. The molecule has 0 radical (unpaired) electrons. The second-order valence-electron chi connectivity index (χ2n) is 16.4. The lowest BCUT2D eigenvalue weighted by molar-refractivity contribution is -0.138. The monoisotopic (exact) mass is 908 g/mol. The van der Waals surface area contributed by atoms with Gasteiger partial charge in [0.15, 0.2) is 0 Å². The van der Waals surface area contributed by atoms with E-state index in [1.807, 2.05) is 97.1 Å². The molecule has 0 spiro atoms. The first-order valence-electron chi connectivity index (χ1n) is 21.9. The summed E-state index contributed by atoms with van der Waals surface area (Å²) in [5.74, 6) is -3.73. The number of fused-ring (bicyclic) bond motifs is 8. The molecule has 340 valence electrons. The molecule has 1 aliphatic heterocycles. The Morgan fingerprint density at radius 3 is 0.794 bits per heavy atom. The van der Waals surface area contributed by atoms with Crippen molar-refractivity contribution in [1.82, 2.24) is 39.9 Å². The number of pyridine rings is 4. The molecule has 0 amide bonds. The van der Waals surface area contributed by atoms with E-state index in [0.717, 1.165) is 88.7 Å². The maximum atomic E-state index is 11.6. The van der Waals surface area contributed by atoms with E-state index in [1.54, 1.807) is 24.8 Å². The predicted octanol–water partition coefficient (Wildman–Crippen LogP) is 3.95. The van der Waals surface area contributed by atoms with Gasteiger partial charge in [-0.15, -0.1) is 0 Å². The molecule has 0 atom stereocenters. The lowest BCUT2D eigenvalue weighted by atomic mass is 10.0. The zero-order valence-corrected chi connectivity index (χ0v) is 36.4. The summed E-state index contributed by atoms with van der Waals surface area (Å²) < 4.78 is 0. The van der Waals surface area contributed by atoms with Gasteiger partial charge >= 0.3 is 23.9 Å². The van der Waals surface area contributed by atoms with Crippen LogP contribution < -0.4 is 21.4 Å². The summed E-state index contributed by atoms with van der Waals surface area (Å²) in [4.78, 5) is 79.2. The van der Waals surface area contributed by atoms with Gasteiger partial charge in [0.25, 0.3) is 0 Å². The number of nitrogens with zero attached hydrogens (tertiary/aromatic N) is 4. The Morgan fingerprint density at radius 1 is 0.338 bits per heavy atom. The summed E-state index contributed by atoms with van der Waals surface area (Å²) in [6.45, 7) is 0. The largest absolute Gasteiger partial charge is 0.481 e. The standard InChI is InChI=1S/C52H44N8O8/c61-45(62)13-1-33-25-29(17-21-53-33)49-37-5-7-39(57-37)50(30-18-22-54-34(26-30)2-14-46(63)64)41-9-11-43(59-41)52(32-20-24-56-36(28-32)4-16-48(67)68)44-12-10-42(60-44)51(40-8-6-38(49)58-40)31-19-23-55-35(27-31)3-15-47(65)66/h5-12,17-28,57-60H,1-4,13-16H2,(H,61,62)(H,63,64)(H,65,66)(H,67,68).